The number of ether oxygens (including phenoxy) is 1. The predicted octanol–water partition coefficient (Wildman–Crippen LogP) is 2.93. The number of rotatable bonds is 6. The van der Waals surface area contributed by atoms with Crippen molar-refractivity contribution < 1.29 is 19.4 Å². The van der Waals surface area contributed by atoms with Crippen molar-refractivity contribution in [3.63, 3.8) is 0 Å². The summed E-state index contributed by atoms with van der Waals surface area (Å²) in [6, 6.07) is 12.9. The zero-order valence-electron chi connectivity index (χ0n) is 19.0. The number of carbonyl (C=O) groups excluding carboxylic acids is 1. The monoisotopic (exact) mass is 450 g/mol. The number of benzene rings is 2. The molecular weight excluding hydrogens is 420 g/mol. The molecule has 2 aliphatic heterocycles. The number of likely N-dealkylation sites (N-methyl/N-ethyl adjacent to an activating group) is 1. The summed E-state index contributed by atoms with van der Waals surface area (Å²) in [5, 5.41) is 18.6. The Morgan fingerprint density at radius 2 is 1.88 bits per heavy atom. The Labute approximate surface area is 193 Å². The van der Waals surface area contributed by atoms with Gasteiger partial charge in [0, 0.05) is 49.4 Å². The van der Waals surface area contributed by atoms with Gasteiger partial charge in [-0.05, 0) is 49.7 Å². The number of piperazine rings is 1. The number of carboxylic acids is 1. The van der Waals surface area contributed by atoms with E-state index < -0.39 is 5.97 Å². The maximum Gasteiger partial charge on any atom is 0.303 e. The summed E-state index contributed by atoms with van der Waals surface area (Å²) in [6.45, 7) is 5.72. The van der Waals surface area contributed by atoms with E-state index in [2.05, 4.69) is 27.4 Å². The third kappa shape index (κ3) is 5.90. The second kappa shape index (κ2) is 10.0. The maximum absolute atomic E-state index is 12.7. The molecule has 8 heteroatoms. The van der Waals surface area contributed by atoms with Crippen LogP contribution in [0.5, 0.6) is 5.75 Å². The van der Waals surface area contributed by atoms with E-state index in [1.54, 1.807) is 18.2 Å². The van der Waals surface area contributed by atoms with Crippen molar-refractivity contribution in [1.29, 1.82) is 0 Å². The van der Waals surface area contributed by atoms with Gasteiger partial charge >= 0.3 is 5.97 Å². The second-order valence-corrected chi connectivity index (χ2v) is 8.79. The molecule has 1 amide bonds. The Balaban J connectivity index is 1.36. The first-order valence-corrected chi connectivity index (χ1v) is 11.3. The van der Waals surface area contributed by atoms with Crippen LogP contribution in [0.15, 0.2) is 47.6 Å². The van der Waals surface area contributed by atoms with E-state index in [1.807, 2.05) is 37.4 Å². The lowest BCUT2D eigenvalue weighted by Gasteiger charge is -2.31. The van der Waals surface area contributed by atoms with Crippen LogP contribution in [0.4, 0.5) is 5.69 Å². The third-order valence-corrected chi connectivity index (χ3v) is 6.24. The quantitative estimate of drug-likeness (QED) is 0.658. The van der Waals surface area contributed by atoms with Crippen LogP contribution < -0.4 is 10.1 Å². The Hall–Kier alpha value is -3.39. The summed E-state index contributed by atoms with van der Waals surface area (Å²) in [5.74, 6) is -0.393. The van der Waals surface area contributed by atoms with Crippen LogP contribution in [-0.2, 0) is 11.2 Å². The van der Waals surface area contributed by atoms with Crippen molar-refractivity contribution in [3.05, 3.63) is 59.2 Å². The predicted molar refractivity (Wildman–Crippen MR) is 127 cm³/mol. The van der Waals surface area contributed by atoms with Crippen molar-refractivity contribution in [2.24, 2.45) is 11.0 Å². The summed E-state index contributed by atoms with van der Waals surface area (Å²) in [6.07, 6.45) is 2.36. The molecular formula is C25H30N4O4. The van der Waals surface area contributed by atoms with Crippen LogP contribution in [-0.4, -0.2) is 72.4 Å². The van der Waals surface area contributed by atoms with Gasteiger partial charge in [-0.2, -0.15) is 5.10 Å². The smallest absolute Gasteiger partial charge is 0.303 e. The molecule has 2 heterocycles. The number of nitrogens with zero attached hydrogens (tertiary/aromatic N) is 3. The summed E-state index contributed by atoms with van der Waals surface area (Å²) >= 11 is 0. The van der Waals surface area contributed by atoms with Crippen molar-refractivity contribution in [3.8, 4) is 5.75 Å². The molecule has 1 fully saturated rings. The second-order valence-electron chi connectivity index (χ2n) is 8.79. The number of hydrogen-bond acceptors (Lipinski definition) is 6. The lowest BCUT2D eigenvalue weighted by atomic mass is 9.89. The van der Waals surface area contributed by atoms with Crippen molar-refractivity contribution in [2.75, 3.05) is 38.5 Å². The molecule has 2 aromatic rings. The Morgan fingerprint density at radius 3 is 2.58 bits per heavy atom. The van der Waals surface area contributed by atoms with Crippen molar-refractivity contribution in [2.45, 2.75) is 25.9 Å². The highest BCUT2D eigenvalue weighted by molar-refractivity contribution is 6.04. The first-order chi connectivity index (χ1) is 15.9. The van der Waals surface area contributed by atoms with Gasteiger partial charge in [0.25, 0.3) is 5.91 Å². The minimum Gasteiger partial charge on any atom is -0.490 e. The van der Waals surface area contributed by atoms with E-state index in [0.717, 1.165) is 37.3 Å². The number of amides is 1. The molecule has 2 aromatic carbocycles. The molecule has 0 aliphatic carbocycles. The number of anilines is 1. The highest BCUT2D eigenvalue weighted by atomic mass is 16.5. The van der Waals surface area contributed by atoms with Gasteiger partial charge in [-0.25, -0.2) is 0 Å². The van der Waals surface area contributed by atoms with E-state index in [9.17, 15) is 9.59 Å². The SMILES string of the molecule is CC1Oc2cc(NC(=O)c3ccc(C=NN4CCN(C)CC4)cc3)ccc2CC1CC(=O)O. The zero-order valence-corrected chi connectivity index (χ0v) is 19.0. The van der Waals surface area contributed by atoms with Gasteiger partial charge in [0.1, 0.15) is 5.75 Å². The summed E-state index contributed by atoms with van der Waals surface area (Å²) in [4.78, 5) is 26.0. The third-order valence-electron chi connectivity index (χ3n) is 6.24. The molecule has 2 N–H and O–H groups in total. The topological polar surface area (TPSA) is 94.5 Å². The first-order valence-electron chi connectivity index (χ1n) is 11.3. The van der Waals surface area contributed by atoms with Gasteiger partial charge in [0.2, 0.25) is 0 Å². The maximum atomic E-state index is 12.7. The fourth-order valence-corrected chi connectivity index (χ4v) is 4.10. The van der Waals surface area contributed by atoms with Crippen LogP contribution in [0, 0.1) is 5.92 Å². The highest BCUT2D eigenvalue weighted by Crippen LogP contribution is 2.34. The van der Waals surface area contributed by atoms with Gasteiger partial charge in [-0.15, -0.1) is 0 Å². The standard InChI is InChI=1S/C25H30N4O4/c1-17-21(14-24(30)31)13-20-7-8-22(15-23(20)33-17)27-25(32)19-5-3-18(4-6-19)16-26-29-11-9-28(2)10-12-29/h3-8,15-17,21H,9-14H2,1-2H3,(H,27,32)(H,30,31). The van der Waals surface area contributed by atoms with Crippen LogP contribution in [0.1, 0.15) is 34.8 Å². The van der Waals surface area contributed by atoms with E-state index >= 15 is 0 Å². The summed E-state index contributed by atoms with van der Waals surface area (Å²) in [5.41, 5.74) is 3.10. The van der Waals surface area contributed by atoms with Gasteiger partial charge in [0.15, 0.2) is 0 Å². The molecule has 0 spiro atoms. The lowest BCUT2D eigenvalue weighted by molar-refractivity contribution is -0.139. The fourth-order valence-electron chi connectivity index (χ4n) is 4.10. The molecule has 0 radical (unpaired) electrons. The number of carboxylic acid groups (broad SMARTS) is 1. The molecule has 174 valence electrons. The Bertz CT molecular complexity index is 1030. The molecule has 0 aromatic heterocycles. The number of fused-ring (bicyclic) bond motifs is 1. The number of hydrogen-bond donors (Lipinski definition) is 2. The van der Waals surface area contributed by atoms with Gasteiger partial charge in [0.05, 0.1) is 18.7 Å². The van der Waals surface area contributed by atoms with Gasteiger partial charge in [-0.1, -0.05) is 18.2 Å². The largest absolute Gasteiger partial charge is 0.490 e. The Kier molecular flexibility index (Phi) is 6.93. The molecule has 0 saturated carbocycles. The summed E-state index contributed by atoms with van der Waals surface area (Å²) in [7, 11) is 2.11. The van der Waals surface area contributed by atoms with E-state index in [-0.39, 0.29) is 24.3 Å². The van der Waals surface area contributed by atoms with Crippen molar-refractivity contribution in [1.82, 2.24) is 9.91 Å². The first kappa shape index (κ1) is 22.8. The van der Waals surface area contributed by atoms with Crippen LogP contribution in [0.25, 0.3) is 0 Å². The average Bonchev–Trinajstić information content (AvgIpc) is 2.79. The van der Waals surface area contributed by atoms with Crippen LogP contribution >= 0.6 is 0 Å². The molecule has 33 heavy (non-hydrogen) atoms. The molecule has 2 unspecified atom stereocenters. The van der Waals surface area contributed by atoms with E-state index in [4.69, 9.17) is 9.84 Å². The minimum absolute atomic E-state index is 0.0613. The zero-order chi connectivity index (χ0) is 23.4. The van der Waals surface area contributed by atoms with Crippen molar-refractivity contribution >= 4 is 23.8 Å². The Morgan fingerprint density at radius 1 is 1.15 bits per heavy atom. The number of aliphatic carboxylic acids is 1. The van der Waals surface area contributed by atoms with Crippen LogP contribution in [0.2, 0.25) is 0 Å². The number of hydrazone groups is 1. The van der Waals surface area contributed by atoms with Gasteiger partial charge < -0.3 is 20.1 Å². The van der Waals surface area contributed by atoms with Crippen LogP contribution in [0.3, 0.4) is 0 Å². The van der Waals surface area contributed by atoms with E-state index in [0.29, 0.717) is 23.4 Å². The van der Waals surface area contributed by atoms with E-state index in [1.165, 1.54) is 0 Å². The number of nitrogens with one attached hydrogen (secondary N) is 1. The number of carbonyl (C=O) groups is 2. The molecule has 1 saturated heterocycles. The molecule has 0 bridgehead atoms. The molecule has 4 rings (SSSR count). The fraction of sp³-hybridized carbons (Fsp3) is 0.400. The highest BCUT2D eigenvalue weighted by Gasteiger charge is 2.28. The van der Waals surface area contributed by atoms with Gasteiger partial charge in [-0.3, -0.25) is 14.6 Å². The summed E-state index contributed by atoms with van der Waals surface area (Å²) < 4.78 is 5.94. The average molecular weight is 451 g/mol. The lowest BCUT2D eigenvalue weighted by Crippen LogP contribution is -2.41. The molecule has 8 nitrogen and oxygen atoms in total. The molecule has 2 atom stereocenters. The molecule has 2 aliphatic rings. The minimum atomic E-state index is -0.820. The normalized spacial score (nSPS) is 20.8.